The van der Waals surface area contributed by atoms with E-state index in [1.807, 2.05) is 48.8 Å². The number of esters is 1. The third-order valence-corrected chi connectivity index (χ3v) is 6.32. The van der Waals surface area contributed by atoms with E-state index in [4.69, 9.17) is 4.74 Å². The van der Waals surface area contributed by atoms with Gasteiger partial charge in [-0.1, -0.05) is 71.4 Å². The summed E-state index contributed by atoms with van der Waals surface area (Å²) in [6, 6.07) is 15.1. The highest BCUT2D eigenvalue weighted by Gasteiger charge is 2.10. The van der Waals surface area contributed by atoms with Gasteiger partial charge < -0.3 is 4.74 Å². The van der Waals surface area contributed by atoms with Crippen LogP contribution in [0.1, 0.15) is 87.2 Å². The van der Waals surface area contributed by atoms with E-state index in [1.54, 1.807) is 12.1 Å². The minimum atomic E-state index is -0.349. The van der Waals surface area contributed by atoms with Gasteiger partial charge in [-0.3, -0.25) is 0 Å². The van der Waals surface area contributed by atoms with Crippen molar-refractivity contribution in [2.45, 2.75) is 78.6 Å². The van der Waals surface area contributed by atoms with E-state index in [2.05, 4.69) is 30.7 Å². The number of benzene rings is 2. The second-order valence-electron chi connectivity index (χ2n) is 9.26. The lowest BCUT2D eigenvalue weighted by molar-refractivity contribution is 0.0735. The van der Waals surface area contributed by atoms with Crippen LogP contribution in [0.2, 0.25) is 0 Å². The highest BCUT2D eigenvalue weighted by Crippen LogP contribution is 2.21. The largest absolute Gasteiger partial charge is 0.423 e. The van der Waals surface area contributed by atoms with Gasteiger partial charge in [0.25, 0.3) is 0 Å². The van der Waals surface area contributed by atoms with Gasteiger partial charge in [-0.2, -0.15) is 0 Å². The molecule has 2 aromatic carbocycles. The van der Waals surface area contributed by atoms with Crippen molar-refractivity contribution in [2.24, 2.45) is 5.92 Å². The molecule has 1 heterocycles. The van der Waals surface area contributed by atoms with Gasteiger partial charge in [-0.15, -0.1) is 0 Å². The monoisotopic (exact) mass is 458 g/mol. The van der Waals surface area contributed by atoms with Crippen molar-refractivity contribution in [3.05, 3.63) is 77.6 Å². The number of carbonyl (C=O) groups excluding carboxylic acids is 1. The van der Waals surface area contributed by atoms with Crippen LogP contribution in [-0.2, 0) is 12.8 Å². The van der Waals surface area contributed by atoms with Crippen LogP contribution in [0.15, 0.2) is 60.9 Å². The Hall–Kier alpha value is -3.01. The number of hydrogen-bond donors (Lipinski definition) is 0. The van der Waals surface area contributed by atoms with Gasteiger partial charge in [0.15, 0.2) is 5.82 Å². The standard InChI is InChI=1S/C30H38N2O2/c1-4-6-7-8-9-10-11-25-21-31-29(32-22-25)26-16-18-28(19-17-26)34-30(33)27-14-12-24(13-15-27)20-23(3)5-2/h12-19,21-23H,4-11,20H2,1-3H3/t23-/m0/s1. The molecule has 0 aliphatic rings. The van der Waals surface area contributed by atoms with Crippen LogP contribution in [0.4, 0.5) is 0 Å². The SMILES string of the molecule is CCCCCCCCc1cnc(-c2ccc(OC(=O)c3ccc(C[C@@H](C)CC)cc3)cc2)nc1. The second-order valence-corrected chi connectivity index (χ2v) is 9.26. The average molecular weight is 459 g/mol. The molecule has 0 N–H and O–H groups in total. The summed E-state index contributed by atoms with van der Waals surface area (Å²) in [4.78, 5) is 21.6. The average Bonchev–Trinajstić information content (AvgIpc) is 2.87. The Balaban J connectivity index is 1.50. The number of carbonyl (C=O) groups is 1. The first-order valence-electron chi connectivity index (χ1n) is 12.8. The Morgan fingerprint density at radius 3 is 2.12 bits per heavy atom. The van der Waals surface area contributed by atoms with Crippen LogP contribution in [0.5, 0.6) is 5.75 Å². The van der Waals surface area contributed by atoms with Crippen LogP contribution < -0.4 is 4.74 Å². The van der Waals surface area contributed by atoms with E-state index in [1.165, 1.54) is 49.7 Å². The van der Waals surface area contributed by atoms with Crippen molar-refractivity contribution in [3.8, 4) is 17.1 Å². The first-order valence-corrected chi connectivity index (χ1v) is 12.8. The minimum absolute atomic E-state index is 0.349. The van der Waals surface area contributed by atoms with Crippen molar-refractivity contribution in [3.63, 3.8) is 0 Å². The van der Waals surface area contributed by atoms with Crippen molar-refractivity contribution < 1.29 is 9.53 Å². The Morgan fingerprint density at radius 2 is 1.47 bits per heavy atom. The quantitative estimate of drug-likeness (QED) is 0.149. The van der Waals surface area contributed by atoms with Crippen LogP contribution in [-0.4, -0.2) is 15.9 Å². The lowest BCUT2D eigenvalue weighted by Crippen LogP contribution is -2.08. The molecule has 4 heteroatoms. The number of unbranched alkanes of at least 4 members (excludes halogenated alkanes) is 5. The zero-order valence-electron chi connectivity index (χ0n) is 20.9. The van der Waals surface area contributed by atoms with Crippen molar-refractivity contribution in [2.75, 3.05) is 0 Å². The van der Waals surface area contributed by atoms with Crippen LogP contribution in [0.25, 0.3) is 11.4 Å². The number of hydrogen-bond acceptors (Lipinski definition) is 4. The molecule has 3 aromatic rings. The highest BCUT2D eigenvalue weighted by molar-refractivity contribution is 5.91. The fourth-order valence-electron chi connectivity index (χ4n) is 3.90. The highest BCUT2D eigenvalue weighted by atomic mass is 16.5. The van der Waals surface area contributed by atoms with Gasteiger partial charge >= 0.3 is 5.97 Å². The molecule has 0 aliphatic heterocycles. The third-order valence-electron chi connectivity index (χ3n) is 6.32. The number of aryl methyl sites for hydroxylation is 1. The van der Waals surface area contributed by atoms with Gasteiger partial charge in [0.05, 0.1) is 5.56 Å². The molecule has 0 aliphatic carbocycles. The molecule has 0 spiro atoms. The van der Waals surface area contributed by atoms with E-state index in [0.717, 1.165) is 24.8 Å². The maximum absolute atomic E-state index is 12.5. The van der Waals surface area contributed by atoms with E-state index >= 15 is 0 Å². The van der Waals surface area contributed by atoms with E-state index in [-0.39, 0.29) is 5.97 Å². The summed E-state index contributed by atoms with van der Waals surface area (Å²) in [7, 11) is 0. The van der Waals surface area contributed by atoms with Gasteiger partial charge in [-0.25, -0.2) is 14.8 Å². The smallest absolute Gasteiger partial charge is 0.343 e. The molecular weight excluding hydrogens is 420 g/mol. The fraction of sp³-hybridized carbons (Fsp3) is 0.433. The Labute approximate surface area is 204 Å². The lowest BCUT2D eigenvalue weighted by atomic mass is 9.98. The molecule has 1 atom stereocenters. The molecular formula is C30H38N2O2. The van der Waals surface area contributed by atoms with E-state index in [0.29, 0.717) is 23.1 Å². The summed E-state index contributed by atoms with van der Waals surface area (Å²) in [6.45, 7) is 6.68. The summed E-state index contributed by atoms with van der Waals surface area (Å²) >= 11 is 0. The predicted octanol–water partition coefficient (Wildman–Crippen LogP) is 7.85. The Bertz CT molecular complexity index is 995. The Morgan fingerprint density at radius 1 is 0.824 bits per heavy atom. The summed E-state index contributed by atoms with van der Waals surface area (Å²) in [5.41, 5.74) is 3.88. The topological polar surface area (TPSA) is 52.1 Å². The molecule has 180 valence electrons. The van der Waals surface area contributed by atoms with Gasteiger partial charge in [0, 0.05) is 18.0 Å². The predicted molar refractivity (Wildman–Crippen MR) is 139 cm³/mol. The second kappa shape index (κ2) is 13.6. The van der Waals surface area contributed by atoms with Gasteiger partial charge in [-0.05, 0) is 72.7 Å². The maximum Gasteiger partial charge on any atom is 0.343 e. The van der Waals surface area contributed by atoms with Crippen molar-refractivity contribution >= 4 is 5.97 Å². The molecule has 0 saturated heterocycles. The number of ether oxygens (including phenoxy) is 1. The van der Waals surface area contributed by atoms with Crippen LogP contribution in [0, 0.1) is 5.92 Å². The fourth-order valence-corrected chi connectivity index (χ4v) is 3.90. The van der Waals surface area contributed by atoms with Crippen LogP contribution in [0.3, 0.4) is 0 Å². The summed E-state index contributed by atoms with van der Waals surface area (Å²) in [5, 5.41) is 0. The first-order chi connectivity index (χ1) is 16.6. The van der Waals surface area contributed by atoms with Crippen LogP contribution >= 0.6 is 0 Å². The number of nitrogens with zero attached hydrogens (tertiary/aromatic N) is 2. The molecule has 0 bridgehead atoms. The van der Waals surface area contributed by atoms with Gasteiger partial charge in [0.2, 0.25) is 0 Å². The molecule has 0 amide bonds. The third kappa shape index (κ3) is 8.09. The minimum Gasteiger partial charge on any atom is -0.423 e. The normalized spacial score (nSPS) is 11.9. The lowest BCUT2D eigenvalue weighted by Gasteiger charge is -2.09. The molecule has 0 saturated carbocycles. The van der Waals surface area contributed by atoms with Crippen molar-refractivity contribution in [1.29, 1.82) is 0 Å². The molecule has 0 radical (unpaired) electrons. The molecule has 34 heavy (non-hydrogen) atoms. The molecule has 0 unspecified atom stereocenters. The van der Waals surface area contributed by atoms with Crippen molar-refractivity contribution in [1.82, 2.24) is 9.97 Å². The van der Waals surface area contributed by atoms with E-state index in [9.17, 15) is 4.79 Å². The first kappa shape index (κ1) is 25.6. The maximum atomic E-state index is 12.5. The molecule has 0 fully saturated rings. The summed E-state index contributed by atoms with van der Waals surface area (Å²) in [6.07, 6.45) is 14.8. The zero-order valence-corrected chi connectivity index (χ0v) is 20.9. The van der Waals surface area contributed by atoms with Gasteiger partial charge in [0.1, 0.15) is 5.75 Å². The molecule has 4 nitrogen and oxygen atoms in total. The number of aromatic nitrogens is 2. The summed E-state index contributed by atoms with van der Waals surface area (Å²) in [5.74, 6) is 1.48. The Kier molecular flexibility index (Phi) is 10.3. The number of rotatable bonds is 13. The van der Waals surface area contributed by atoms with E-state index < -0.39 is 0 Å². The molecule has 3 rings (SSSR count). The zero-order chi connectivity index (χ0) is 24.2. The molecule has 1 aromatic heterocycles. The summed E-state index contributed by atoms with van der Waals surface area (Å²) < 4.78 is 5.55.